The number of nitrogens with one attached hydrogen (secondary N) is 1. The largest absolute Gasteiger partial charge is 0.497 e. The van der Waals surface area contributed by atoms with E-state index in [0.717, 1.165) is 23.9 Å². The first-order valence-corrected chi connectivity index (χ1v) is 6.65. The van der Waals surface area contributed by atoms with Crippen LogP contribution in [0.2, 0.25) is 0 Å². The molecule has 0 saturated heterocycles. The molecule has 0 bridgehead atoms. The van der Waals surface area contributed by atoms with Crippen molar-refractivity contribution in [1.82, 2.24) is 0 Å². The fourth-order valence-electron chi connectivity index (χ4n) is 2.60. The number of rotatable bonds is 5. The van der Waals surface area contributed by atoms with Crippen LogP contribution in [0.3, 0.4) is 0 Å². The minimum absolute atomic E-state index is 0.683. The normalized spacial score (nSPS) is 15.3. The summed E-state index contributed by atoms with van der Waals surface area (Å²) in [4.78, 5) is 0. The Bertz CT molecular complexity index is 431. The van der Waals surface area contributed by atoms with Crippen LogP contribution in [0.25, 0.3) is 0 Å². The van der Waals surface area contributed by atoms with Crippen LogP contribution in [-0.4, -0.2) is 13.7 Å². The minimum Gasteiger partial charge on any atom is -0.497 e. The maximum absolute atomic E-state index is 9.06. The van der Waals surface area contributed by atoms with Crippen molar-refractivity contribution in [3.63, 3.8) is 0 Å². The first-order valence-electron chi connectivity index (χ1n) is 6.65. The Hall–Kier alpha value is -1.69. The molecule has 1 saturated carbocycles. The molecule has 0 amide bonds. The minimum atomic E-state index is 0.683. The van der Waals surface area contributed by atoms with Gasteiger partial charge in [0.1, 0.15) is 11.8 Å². The predicted molar refractivity (Wildman–Crippen MR) is 72.8 cm³/mol. The summed E-state index contributed by atoms with van der Waals surface area (Å²) in [6.07, 6.45) is 6.69. The van der Waals surface area contributed by atoms with Gasteiger partial charge in [-0.05, 0) is 24.5 Å². The van der Waals surface area contributed by atoms with E-state index in [0.29, 0.717) is 5.56 Å². The Balaban J connectivity index is 1.92. The SMILES string of the molecule is COc1ccc(C#N)c(NCCC2CCCC2)c1. The van der Waals surface area contributed by atoms with Crippen molar-refractivity contribution in [2.24, 2.45) is 5.92 Å². The van der Waals surface area contributed by atoms with Gasteiger partial charge >= 0.3 is 0 Å². The molecule has 1 fully saturated rings. The third-order valence-electron chi connectivity index (χ3n) is 3.69. The third-order valence-corrected chi connectivity index (χ3v) is 3.69. The number of hydrogen-bond donors (Lipinski definition) is 1. The van der Waals surface area contributed by atoms with Crippen LogP contribution in [0.5, 0.6) is 5.75 Å². The average molecular weight is 244 g/mol. The van der Waals surface area contributed by atoms with Gasteiger partial charge in [0.2, 0.25) is 0 Å². The summed E-state index contributed by atoms with van der Waals surface area (Å²) >= 11 is 0. The van der Waals surface area contributed by atoms with Crippen molar-refractivity contribution in [3.05, 3.63) is 23.8 Å². The van der Waals surface area contributed by atoms with Crippen molar-refractivity contribution >= 4 is 5.69 Å². The molecule has 0 heterocycles. The number of methoxy groups -OCH3 is 1. The first-order chi connectivity index (χ1) is 8.83. The van der Waals surface area contributed by atoms with Crippen molar-refractivity contribution in [2.45, 2.75) is 32.1 Å². The second-order valence-corrected chi connectivity index (χ2v) is 4.89. The van der Waals surface area contributed by atoms with Crippen LogP contribution in [0, 0.1) is 17.2 Å². The number of nitriles is 1. The number of anilines is 1. The fourth-order valence-corrected chi connectivity index (χ4v) is 2.60. The summed E-state index contributed by atoms with van der Waals surface area (Å²) < 4.78 is 5.18. The summed E-state index contributed by atoms with van der Waals surface area (Å²) in [6.45, 7) is 0.937. The van der Waals surface area contributed by atoms with Crippen molar-refractivity contribution in [2.75, 3.05) is 19.0 Å². The van der Waals surface area contributed by atoms with Gasteiger partial charge in [-0.15, -0.1) is 0 Å². The molecule has 1 N–H and O–H groups in total. The van der Waals surface area contributed by atoms with E-state index in [-0.39, 0.29) is 0 Å². The first kappa shape index (κ1) is 12.8. The summed E-state index contributed by atoms with van der Waals surface area (Å²) in [5, 5.41) is 12.4. The quantitative estimate of drug-likeness (QED) is 0.861. The molecule has 96 valence electrons. The topological polar surface area (TPSA) is 45.0 Å². The summed E-state index contributed by atoms with van der Waals surface area (Å²) in [5.74, 6) is 1.66. The number of hydrogen-bond acceptors (Lipinski definition) is 3. The van der Waals surface area contributed by atoms with Gasteiger partial charge in [-0.1, -0.05) is 25.7 Å². The highest BCUT2D eigenvalue weighted by Crippen LogP contribution is 2.28. The molecule has 0 spiro atoms. The molecule has 0 atom stereocenters. The molecular weight excluding hydrogens is 224 g/mol. The molecule has 2 rings (SSSR count). The van der Waals surface area contributed by atoms with Crippen molar-refractivity contribution in [1.29, 1.82) is 5.26 Å². The van der Waals surface area contributed by atoms with Gasteiger partial charge in [-0.3, -0.25) is 0 Å². The standard InChI is InChI=1S/C15H20N2O/c1-18-14-7-6-13(11-16)15(10-14)17-9-8-12-4-2-3-5-12/h6-7,10,12,17H,2-5,8-9H2,1H3. The van der Waals surface area contributed by atoms with Gasteiger partial charge in [0.15, 0.2) is 0 Å². The van der Waals surface area contributed by atoms with Gasteiger partial charge in [0, 0.05) is 12.6 Å². The zero-order chi connectivity index (χ0) is 12.8. The van der Waals surface area contributed by atoms with Gasteiger partial charge in [-0.25, -0.2) is 0 Å². The summed E-state index contributed by atoms with van der Waals surface area (Å²) in [7, 11) is 1.64. The molecule has 0 radical (unpaired) electrons. The van der Waals surface area contributed by atoms with Crippen LogP contribution >= 0.6 is 0 Å². The van der Waals surface area contributed by atoms with E-state index >= 15 is 0 Å². The average Bonchev–Trinajstić information content (AvgIpc) is 2.92. The molecule has 0 aliphatic heterocycles. The van der Waals surface area contributed by atoms with Crippen molar-refractivity contribution < 1.29 is 4.74 Å². The second-order valence-electron chi connectivity index (χ2n) is 4.89. The van der Waals surface area contributed by atoms with Crippen LogP contribution in [0.15, 0.2) is 18.2 Å². The van der Waals surface area contributed by atoms with E-state index in [9.17, 15) is 0 Å². The van der Waals surface area contributed by atoms with Gasteiger partial charge in [-0.2, -0.15) is 5.26 Å². The van der Waals surface area contributed by atoms with Crippen LogP contribution < -0.4 is 10.1 Å². The van der Waals surface area contributed by atoms with Crippen LogP contribution in [-0.2, 0) is 0 Å². The Labute approximate surface area is 109 Å². The highest BCUT2D eigenvalue weighted by molar-refractivity contribution is 5.60. The molecule has 0 aromatic heterocycles. The third kappa shape index (κ3) is 3.16. The molecule has 3 nitrogen and oxygen atoms in total. The van der Waals surface area contributed by atoms with Crippen LogP contribution in [0.4, 0.5) is 5.69 Å². The monoisotopic (exact) mass is 244 g/mol. The number of ether oxygens (including phenoxy) is 1. The van der Waals surface area contributed by atoms with E-state index in [2.05, 4.69) is 11.4 Å². The second kappa shape index (κ2) is 6.30. The van der Waals surface area contributed by atoms with E-state index < -0.39 is 0 Å². The lowest BCUT2D eigenvalue weighted by atomic mass is 10.0. The zero-order valence-corrected chi connectivity index (χ0v) is 10.9. The maximum Gasteiger partial charge on any atom is 0.121 e. The molecule has 0 unspecified atom stereocenters. The van der Waals surface area contributed by atoms with Gasteiger partial charge < -0.3 is 10.1 Å². The lowest BCUT2D eigenvalue weighted by Gasteiger charge is -2.12. The lowest BCUT2D eigenvalue weighted by molar-refractivity contribution is 0.415. The molecule has 18 heavy (non-hydrogen) atoms. The van der Waals surface area contributed by atoms with Crippen LogP contribution in [0.1, 0.15) is 37.7 Å². The Kier molecular flexibility index (Phi) is 4.46. The zero-order valence-electron chi connectivity index (χ0n) is 10.9. The van der Waals surface area contributed by atoms with Gasteiger partial charge in [0.05, 0.1) is 18.4 Å². The lowest BCUT2D eigenvalue weighted by Crippen LogP contribution is -2.07. The molecule has 3 heteroatoms. The van der Waals surface area contributed by atoms with Gasteiger partial charge in [0.25, 0.3) is 0 Å². The highest BCUT2D eigenvalue weighted by atomic mass is 16.5. The Morgan fingerprint density at radius 2 is 2.17 bits per heavy atom. The summed E-state index contributed by atoms with van der Waals surface area (Å²) in [5.41, 5.74) is 1.57. The Morgan fingerprint density at radius 3 is 2.83 bits per heavy atom. The maximum atomic E-state index is 9.06. The molecule has 1 aliphatic rings. The van der Waals surface area contributed by atoms with E-state index in [1.165, 1.54) is 32.1 Å². The molecule has 1 aromatic rings. The van der Waals surface area contributed by atoms with E-state index in [1.54, 1.807) is 13.2 Å². The fraction of sp³-hybridized carbons (Fsp3) is 0.533. The van der Waals surface area contributed by atoms with E-state index in [1.807, 2.05) is 12.1 Å². The number of nitrogens with zero attached hydrogens (tertiary/aromatic N) is 1. The Morgan fingerprint density at radius 1 is 1.39 bits per heavy atom. The number of benzene rings is 1. The van der Waals surface area contributed by atoms with Crippen molar-refractivity contribution in [3.8, 4) is 11.8 Å². The molecular formula is C15H20N2O. The molecule has 1 aromatic carbocycles. The summed E-state index contributed by atoms with van der Waals surface area (Å²) in [6, 6.07) is 7.73. The van der Waals surface area contributed by atoms with E-state index in [4.69, 9.17) is 10.00 Å². The smallest absolute Gasteiger partial charge is 0.121 e. The highest BCUT2D eigenvalue weighted by Gasteiger charge is 2.14. The predicted octanol–water partition coefficient (Wildman–Crippen LogP) is 3.56. The molecule has 1 aliphatic carbocycles.